The number of aliphatic imine (C=N–C) groups is 1. The molecule has 0 aromatic heterocycles. The van der Waals surface area contributed by atoms with Gasteiger partial charge in [0.25, 0.3) is 0 Å². The summed E-state index contributed by atoms with van der Waals surface area (Å²) in [6, 6.07) is 17.7. The van der Waals surface area contributed by atoms with Gasteiger partial charge in [-0.05, 0) is 36.6 Å². The standard InChI is InChI=1S/C17H19N3O/c1-12-10-16(12)20-17(18)19-13-6-5-9-15(11-13)21-14-7-3-2-4-8-14/h2-9,11-12,16H,10H2,1H3,(H3,18,19,20). The van der Waals surface area contributed by atoms with Gasteiger partial charge in [0.15, 0.2) is 5.96 Å². The highest BCUT2D eigenvalue weighted by Crippen LogP contribution is 2.32. The van der Waals surface area contributed by atoms with Crippen molar-refractivity contribution in [3.05, 3.63) is 54.6 Å². The van der Waals surface area contributed by atoms with E-state index in [2.05, 4.69) is 17.2 Å². The van der Waals surface area contributed by atoms with Crippen LogP contribution in [0.15, 0.2) is 59.6 Å². The summed E-state index contributed by atoms with van der Waals surface area (Å²) >= 11 is 0. The van der Waals surface area contributed by atoms with Crippen molar-refractivity contribution in [2.45, 2.75) is 19.4 Å². The van der Waals surface area contributed by atoms with Gasteiger partial charge in [-0.15, -0.1) is 0 Å². The molecule has 0 saturated heterocycles. The molecule has 1 aliphatic carbocycles. The molecule has 2 aromatic carbocycles. The molecule has 1 saturated carbocycles. The fourth-order valence-corrected chi connectivity index (χ4v) is 2.10. The van der Waals surface area contributed by atoms with Crippen molar-refractivity contribution in [1.29, 1.82) is 0 Å². The van der Waals surface area contributed by atoms with E-state index in [1.165, 1.54) is 0 Å². The van der Waals surface area contributed by atoms with Crippen LogP contribution in [0.25, 0.3) is 0 Å². The smallest absolute Gasteiger partial charge is 0.193 e. The Hall–Kier alpha value is -2.49. The Kier molecular flexibility index (Phi) is 3.77. The number of rotatable bonds is 4. The van der Waals surface area contributed by atoms with Crippen molar-refractivity contribution < 1.29 is 4.74 Å². The summed E-state index contributed by atoms with van der Waals surface area (Å²) in [5.41, 5.74) is 6.78. The van der Waals surface area contributed by atoms with Crippen LogP contribution < -0.4 is 15.8 Å². The van der Waals surface area contributed by atoms with Crippen LogP contribution in [0.4, 0.5) is 5.69 Å². The Balaban J connectivity index is 1.67. The molecular weight excluding hydrogens is 262 g/mol. The third kappa shape index (κ3) is 3.75. The van der Waals surface area contributed by atoms with Crippen LogP contribution in [0.2, 0.25) is 0 Å². The number of hydrogen-bond donors (Lipinski definition) is 2. The lowest BCUT2D eigenvalue weighted by molar-refractivity contribution is 0.483. The lowest BCUT2D eigenvalue weighted by Crippen LogP contribution is -2.23. The molecule has 0 aliphatic heterocycles. The maximum absolute atomic E-state index is 5.91. The molecule has 0 heterocycles. The van der Waals surface area contributed by atoms with Gasteiger partial charge in [-0.25, -0.2) is 4.99 Å². The van der Waals surface area contributed by atoms with E-state index in [0.29, 0.717) is 17.9 Å². The van der Waals surface area contributed by atoms with Crippen molar-refractivity contribution >= 4 is 11.6 Å². The van der Waals surface area contributed by atoms with Crippen LogP contribution in [-0.2, 0) is 0 Å². The van der Waals surface area contributed by atoms with E-state index in [9.17, 15) is 0 Å². The van der Waals surface area contributed by atoms with E-state index >= 15 is 0 Å². The first-order valence-corrected chi connectivity index (χ1v) is 7.14. The maximum Gasteiger partial charge on any atom is 0.193 e. The number of guanidine groups is 1. The van der Waals surface area contributed by atoms with Gasteiger partial charge in [0.1, 0.15) is 11.5 Å². The van der Waals surface area contributed by atoms with Gasteiger partial charge in [0.2, 0.25) is 0 Å². The minimum Gasteiger partial charge on any atom is -0.457 e. The topological polar surface area (TPSA) is 59.6 Å². The van der Waals surface area contributed by atoms with Crippen molar-refractivity contribution in [3.63, 3.8) is 0 Å². The summed E-state index contributed by atoms with van der Waals surface area (Å²) in [6.45, 7) is 2.18. The average molecular weight is 281 g/mol. The normalized spacial score (nSPS) is 20.9. The summed E-state index contributed by atoms with van der Waals surface area (Å²) in [4.78, 5) is 4.42. The summed E-state index contributed by atoms with van der Waals surface area (Å²) in [5.74, 6) is 2.68. The SMILES string of the molecule is CC1CC1N=C(N)Nc1cccc(Oc2ccccc2)c1. The average Bonchev–Trinajstić information content (AvgIpc) is 3.15. The third-order valence-corrected chi connectivity index (χ3v) is 3.46. The van der Waals surface area contributed by atoms with Crippen molar-refractivity contribution in [3.8, 4) is 11.5 Å². The number of nitrogens with one attached hydrogen (secondary N) is 1. The van der Waals surface area contributed by atoms with Crippen LogP contribution in [0.3, 0.4) is 0 Å². The van der Waals surface area contributed by atoms with Gasteiger partial charge >= 0.3 is 0 Å². The van der Waals surface area contributed by atoms with E-state index < -0.39 is 0 Å². The summed E-state index contributed by atoms with van der Waals surface area (Å²) in [7, 11) is 0. The molecule has 108 valence electrons. The molecule has 2 unspecified atom stereocenters. The molecule has 4 heteroatoms. The van der Waals surface area contributed by atoms with Crippen LogP contribution in [0, 0.1) is 5.92 Å². The van der Waals surface area contributed by atoms with E-state index in [0.717, 1.165) is 23.6 Å². The minimum atomic E-state index is 0.376. The first kappa shape index (κ1) is 13.5. The van der Waals surface area contributed by atoms with E-state index in [-0.39, 0.29) is 0 Å². The van der Waals surface area contributed by atoms with Crippen molar-refractivity contribution in [2.75, 3.05) is 5.32 Å². The fourth-order valence-electron chi connectivity index (χ4n) is 2.10. The summed E-state index contributed by atoms with van der Waals surface area (Å²) < 4.78 is 5.79. The molecule has 0 bridgehead atoms. The Labute approximate surface area is 124 Å². The highest BCUT2D eigenvalue weighted by molar-refractivity contribution is 5.92. The Morgan fingerprint density at radius 3 is 2.57 bits per heavy atom. The lowest BCUT2D eigenvalue weighted by Gasteiger charge is -2.09. The van der Waals surface area contributed by atoms with Gasteiger partial charge in [-0.3, -0.25) is 0 Å². The van der Waals surface area contributed by atoms with Crippen LogP contribution in [0.5, 0.6) is 11.5 Å². The molecule has 0 radical (unpaired) electrons. The van der Waals surface area contributed by atoms with Crippen LogP contribution in [-0.4, -0.2) is 12.0 Å². The second-order valence-electron chi connectivity index (χ2n) is 5.36. The number of hydrogen-bond acceptors (Lipinski definition) is 2. The predicted octanol–water partition coefficient (Wildman–Crippen LogP) is 3.61. The highest BCUT2D eigenvalue weighted by atomic mass is 16.5. The zero-order valence-electron chi connectivity index (χ0n) is 12.0. The monoisotopic (exact) mass is 281 g/mol. The van der Waals surface area contributed by atoms with E-state index in [1.54, 1.807) is 0 Å². The van der Waals surface area contributed by atoms with E-state index in [4.69, 9.17) is 10.5 Å². The number of nitrogens with zero attached hydrogens (tertiary/aromatic N) is 1. The van der Waals surface area contributed by atoms with Gasteiger partial charge in [-0.1, -0.05) is 31.2 Å². The van der Waals surface area contributed by atoms with Crippen molar-refractivity contribution in [1.82, 2.24) is 0 Å². The summed E-state index contributed by atoms with van der Waals surface area (Å²) in [6.07, 6.45) is 1.12. The van der Waals surface area contributed by atoms with Crippen LogP contribution in [0.1, 0.15) is 13.3 Å². The zero-order valence-corrected chi connectivity index (χ0v) is 12.0. The predicted molar refractivity (Wildman–Crippen MR) is 85.8 cm³/mol. The molecule has 1 fully saturated rings. The van der Waals surface area contributed by atoms with Gasteiger partial charge < -0.3 is 15.8 Å². The third-order valence-electron chi connectivity index (χ3n) is 3.46. The fraction of sp³-hybridized carbons (Fsp3) is 0.235. The number of ether oxygens (including phenoxy) is 1. The molecule has 0 amide bonds. The quantitative estimate of drug-likeness (QED) is 0.664. The van der Waals surface area contributed by atoms with Crippen molar-refractivity contribution in [2.24, 2.45) is 16.6 Å². The number of benzene rings is 2. The molecule has 1 aliphatic rings. The second kappa shape index (κ2) is 5.87. The highest BCUT2D eigenvalue weighted by Gasteiger charge is 2.32. The van der Waals surface area contributed by atoms with E-state index in [1.807, 2.05) is 54.6 Å². The molecule has 3 N–H and O–H groups in total. The molecule has 0 spiro atoms. The summed E-state index contributed by atoms with van der Waals surface area (Å²) in [5, 5.41) is 3.11. The van der Waals surface area contributed by atoms with Crippen LogP contribution >= 0.6 is 0 Å². The molecule has 2 aromatic rings. The minimum absolute atomic E-state index is 0.376. The Bertz CT molecular complexity index is 639. The number of para-hydroxylation sites is 1. The Morgan fingerprint density at radius 1 is 1.14 bits per heavy atom. The molecule has 4 nitrogen and oxygen atoms in total. The van der Waals surface area contributed by atoms with Gasteiger partial charge in [0.05, 0.1) is 6.04 Å². The molecule has 2 atom stereocenters. The molecule has 21 heavy (non-hydrogen) atoms. The van der Waals surface area contributed by atoms with Gasteiger partial charge in [0, 0.05) is 11.8 Å². The number of anilines is 1. The number of nitrogens with two attached hydrogens (primary N) is 1. The second-order valence-corrected chi connectivity index (χ2v) is 5.36. The zero-order chi connectivity index (χ0) is 14.7. The largest absolute Gasteiger partial charge is 0.457 e. The molecule has 3 rings (SSSR count). The maximum atomic E-state index is 5.91. The first-order valence-electron chi connectivity index (χ1n) is 7.14. The Morgan fingerprint density at radius 2 is 1.86 bits per heavy atom. The first-order chi connectivity index (χ1) is 10.2. The molecular formula is C17H19N3O. The lowest BCUT2D eigenvalue weighted by atomic mass is 10.3. The van der Waals surface area contributed by atoms with Gasteiger partial charge in [-0.2, -0.15) is 0 Å².